The second kappa shape index (κ2) is 4.92. The highest BCUT2D eigenvalue weighted by atomic mass is 32.1. The van der Waals surface area contributed by atoms with Crippen LogP contribution < -0.4 is 5.73 Å². The van der Waals surface area contributed by atoms with Gasteiger partial charge in [-0.05, 0) is 25.5 Å². The van der Waals surface area contributed by atoms with Gasteiger partial charge in [-0.15, -0.1) is 11.3 Å². The number of H-pyrrole nitrogens is 1. The zero-order valence-corrected chi connectivity index (χ0v) is 10.8. The second-order valence-corrected chi connectivity index (χ2v) is 5.14. The molecule has 0 aliphatic heterocycles. The summed E-state index contributed by atoms with van der Waals surface area (Å²) < 4.78 is 0. The number of aryl methyl sites for hydroxylation is 1. The molecule has 0 atom stereocenters. The molecular weight excluding hydrogens is 242 g/mol. The number of nitrogens with two attached hydrogens (primary N) is 1. The number of para-hydroxylation sites is 1. The molecule has 0 unspecified atom stereocenters. The van der Waals surface area contributed by atoms with Gasteiger partial charge in [0.25, 0.3) is 0 Å². The van der Waals surface area contributed by atoms with Crippen LogP contribution in [0.15, 0.2) is 35.8 Å². The Hall–Kier alpha value is -1.65. The van der Waals surface area contributed by atoms with Crippen LogP contribution in [0, 0.1) is 0 Å². The third-order valence-electron chi connectivity index (χ3n) is 3.01. The predicted octanol–water partition coefficient (Wildman–Crippen LogP) is 3.18. The maximum absolute atomic E-state index is 5.52. The van der Waals surface area contributed by atoms with Gasteiger partial charge in [-0.1, -0.05) is 18.2 Å². The molecule has 0 saturated heterocycles. The summed E-state index contributed by atoms with van der Waals surface area (Å²) in [6.07, 6.45) is 4.00. The monoisotopic (exact) mass is 257 g/mol. The summed E-state index contributed by atoms with van der Waals surface area (Å²) in [5.41, 5.74) is 9.01. The van der Waals surface area contributed by atoms with Crippen molar-refractivity contribution in [3.05, 3.63) is 41.5 Å². The van der Waals surface area contributed by atoms with Crippen LogP contribution in [-0.2, 0) is 6.42 Å². The molecule has 1 aromatic carbocycles. The lowest BCUT2D eigenvalue weighted by molar-refractivity contribution is 0.816. The molecule has 0 bridgehead atoms. The van der Waals surface area contributed by atoms with Gasteiger partial charge in [0.05, 0.1) is 5.69 Å². The number of aromatic nitrogens is 2. The van der Waals surface area contributed by atoms with Crippen LogP contribution in [0.4, 0.5) is 0 Å². The molecule has 0 fully saturated rings. The largest absolute Gasteiger partial charge is 0.360 e. The van der Waals surface area contributed by atoms with Gasteiger partial charge in [-0.25, -0.2) is 4.98 Å². The smallest absolute Gasteiger partial charge is 0.125 e. The average molecular weight is 257 g/mol. The fourth-order valence-electron chi connectivity index (χ4n) is 2.08. The number of aromatic amines is 1. The van der Waals surface area contributed by atoms with Crippen LogP contribution in [-0.4, -0.2) is 16.5 Å². The zero-order valence-electron chi connectivity index (χ0n) is 10.0. The average Bonchev–Trinajstić information content (AvgIpc) is 3.02. The summed E-state index contributed by atoms with van der Waals surface area (Å²) >= 11 is 1.70. The second-order valence-electron chi connectivity index (χ2n) is 4.28. The molecular formula is C14H15N3S. The van der Waals surface area contributed by atoms with E-state index in [2.05, 4.69) is 33.5 Å². The van der Waals surface area contributed by atoms with E-state index < -0.39 is 0 Å². The normalized spacial score (nSPS) is 11.2. The number of fused-ring (bicyclic) bond motifs is 1. The van der Waals surface area contributed by atoms with Gasteiger partial charge in [0.15, 0.2) is 0 Å². The topological polar surface area (TPSA) is 54.7 Å². The number of benzene rings is 1. The van der Waals surface area contributed by atoms with Gasteiger partial charge in [0, 0.05) is 28.0 Å². The van der Waals surface area contributed by atoms with Crippen LogP contribution in [0.1, 0.15) is 12.1 Å². The van der Waals surface area contributed by atoms with Gasteiger partial charge < -0.3 is 10.7 Å². The van der Waals surface area contributed by atoms with E-state index in [9.17, 15) is 0 Å². The van der Waals surface area contributed by atoms with Crippen LogP contribution in [0.3, 0.4) is 0 Å². The standard InChI is InChI=1S/C14H15N3S/c15-7-3-4-10-9-18-14(17-10)12-8-16-13-6-2-1-5-11(12)13/h1-2,5-6,8-9,16H,3-4,7,15H2. The van der Waals surface area contributed by atoms with Gasteiger partial charge in [-0.2, -0.15) is 0 Å². The molecule has 3 N–H and O–H groups in total. The SMILES string of the molecule is NCCCc1csc(-c2c[nH]c3ccccc23)n1. The molecule has 0 saturated carbocycles. The van der Waals surface area contributed by atoms with Crippen LogP contribution >= 0.6 is 11.3 Å². The highest BCUT2D eigenvalue weighted by Crippen LogP contribution is 2.30. The number of hydrogen-bond acceptors (Lipinski definition) is 3. The van der Waals surface area contributed by atoms with E-state index in [0.717, 1.165) is 35.6 Å². The van der Waals surface area contributed by atoms with Crippen molar-refractivity contribution in [3.63, 3.8) is 0 Å². The molecule has 3 rings (SSSR count). The van der Waals surface area contributed by atoms with E-state index in [1.807, 2.05) is 12.3 Å². The number of nitrogens with zero attached hydrogens (tertiary/aromatic N) is 1. The summed E-state index contributed by atoms with van der Waals surface area (Å²) in [6.45, 7) is 0.722. The fraction of sp³-hybridized carbons (Fsp3) is 0.214. The lowest BCUT2D eigenvalue weighted by Gasteiger charge is -1.94. The quantitative estimate of drug-likeness (QED) is 0.754. The fourth-order valence-corrected chi connectivity index (χ4v) is 2.96. The summed E-state index contributed by atoms with van der Waals surface area (Å²) in [4.78, 5) is 7.97. The third kappa shape index (κ3) is 2.05. The number of rotatable bonds is 4. The van der Waals surface area contributed by atoms with Crippen LogP contribution in [0.5, 0.6) is 0 Å². The molecule has 92 valence electrons. The van der Waals surface area contributed by atoms with Gasteiger partial charge in [-0.3, -0.25) is 0 Å². The maximum Gasteiger partial charge on any atom is 0.125 e. The molecule has 0 aliphatic carbocycles. The number of nitrogens with one attached hydrogen (secondary N) is 1. The van der Waals surface area contributed by atoms with E-state index in [-0.39, 0.29) is 0 Å². The first-order valence-corrected chi connectivity index (χ1v) is 6.97. The van der Waals surface area contributed by atoms with Crippen LogP contribution in [0.25, 0.3) is 21.5 Å². The van der Waals surface area contributed by atoms with E-state index >= 15 is 0 Å². The van der Waals surface area contributed by atoms with Crippen LogP contribution in [0.2, 0.25) is 0 Å². The molecule has 3 aromatic rings. The molecule has 2 aromatic heterocycles. The van der Waals surface area contributed by atoms with Gasteiger partial charge in [0.2, 0.25) is 0 Å². The molecule has 2 heterocycles. The van der Waals surface area contributed by atoms with Crippen molar-refractivity contribution in [1.29, 1.82) is 0 Å². The van der Waals surface area contributed by atoms with E-state index in [1.165, 1.54) is 10.9 Å². The van der Waals surface area contributed by atoms with Gasteiger partial charge in [0.1, 0.15) is 5.01 Å². The van der Waals surface area contributed by atoms with Gasteiger partial charge >= 0.3 is 0 Å². The molecule has 0 radical (unpaired) electrons. The van der Waals surface area contributed by atoms with E-state index in [1.54, 1.807) is 11.3 Å². The van der Waals surface area contributed by atoms with Crippen molar-refractivity contribution in [2.45, 2.75) is 12.8 Å². The Kier molecular flexibility index (Phi) is 3.13. The first-order chi connectivity index (χ1) is 8.88. The van der Waals surface area contributed by atoms with E-state index in [0.29, 0.717) is 0 Å². The van der Waals surface area contributed by atoms with Crippen molar-refractivity contribution in [2.24, 2.45) is 5.73 Å². The first kappa shape index (κ1) is 11.4. The molecule has 0 spiro atoms. The maximum atomic E-state index is 5.52. The predicted molar refractivity (Wildman–Crippen MR) is 76.8 cm³/mol. The van der Waals surface area contributed by atoms with Crippen molar-refractivity contribution in [3.8, 4) is 10.6 Å². The van der Waals surface area contributed by atoms with E-state index in [4.69, 9.17) is 5.73 Å². The Balaban J connectivity index is 1.96. The minimum Gasteiger partial charge on any atom is -0.360 e. The highest BCUT2D eigenvalue weighted by Gasteiger charge is 2.09. The minimum absolute atomic E-state index is 0.722. The number of thiazole rings is 1. The van der Waals surface area contributed by atoms with Crippen molar-refractivity contribution in [1.82, 2.24) is 9.97 Å². The number of hydrogen-bond donors (Lipinski definition) is 2. The lowest BCUT2D eigenvalue weighted by Crippen LogP contribution is -2.00. The Bertz CT molecular complexity index is 654. The zero-order chi connectivity index (χ0) is 12.4. The minimum atomic E-state index is 0.722. The van der Waals surface area contributed by atoms with Crippen molar-refractivity contribution in [2.75, 3.05) is 6.54 Å². The Morgan fingerprint density at radius 3 is 3.06 bits per heavy atom. The molecule has 0 aliphatic rings. The Morgan fingerprint density at radius 2 is 2.17 bits per heavy atom. The molecule has 0 amide bonds. The Labute approximate surface area is 110 Å². The summed E-state index contributed by atoms with van der Waals surface area (Å²) in [6, 6.07) is 8.31. The Morgan fingerprint density at radius 1 is 1.28 bits per heavy atom. The highest BCUT2D eigenvalue weighted by molar-refractivity contribution is 7.13. The molecule has 3 nitrogen and oxygen atoms in total. The molecule has 18 heavy (non-hydrogen) atoms. The first-order valence-electron chi connectivity index (χ1n) is 6.09. The molecule has 4 heteroatoms. The lowest BCUT2D eigenvalue weighted by atomic mass is 10.2. The summed E-state index contributed by atoms with van der Waals surface area (Å²) in [7, 11) is 0. The third-order valence-corrected chi connectivity index (χ3v) is 3.93. The van der Waals surface area contributed by atoms with Crippen molar-refractivity contribution < 1.29 is 0 Å². The summed E-state index contributed by atoms with van der Waals surface area (Å²) in [5, 5.41) is 4.45. The summed E-state index contributed by atoms with van der Waals surface area (Å²) in [5.74, 6) is 0. The van der Waals surface area contributed by atoms with Crippen molar-refractivity contribution >= 4 is 22.2 Å².